The summed E-state index contributed by atoms with van der Waals surface area (Å²) in [6, 6.07) is -0.201. The molecule has 0 saturated carbocycles. The molecule has 2 rings (SSSR count). The molecule has 1 aliphatic heterocycles. The van der Waals surface area contributed by atoms with Crippen LogP contribution in [-0.2, 0) is 16.0 Å². The van der Waals surface area contributed by atoms with Crippen LogP contribution >= 0.6 is 11.3 Å². The van der Waals surface area contributed by atoms with E-state index in [9.17, 15) is 4.79 Å². The zero-order chi connectivity index (χ0) is 22.7. The number of aromatic nitrogens is 1. The SMILES string of the molecule is CN=C(NCc1csc(N(C)C)n1)NCC1C(C)OC(C)(C)N1C(=O)OC(C)(C)C. The van der Waals surface area contributed by atoms with Gasteiger partial charge in [-0.1, -0.05) is 0 Å². The van der Waals surface area contributed by atoms with Crippen LogP contribution in [-0.4, -0.2) is 73.1 Å². The minimum Gasteiger partial charge on any atom is -0.444 e. The van der Waals surface area contributed by atoms with Crippen molar-refractivity contribution in [3.05, 3.63) is 11.1 Å². The number of anilines is 1. The number of nitrogens with zero attached hydrogens (tertiary/aromatic N) is 4. The molecule has 0 spiro atoms. The van der Waals surface area contributed by atoms with Crippen LogP contribution in [0.5, 0.6) is 0 Å². The molecule has 1 aliphatic rings. The average molecular weight is 441 g/mol. The van der Waals surface area contributed by atoms with E-state index in [1.54, 1.807) is 23.3 Å². The fourth-order valence-corrected chi connectivity index (χ4v) is 4.06. The van der Waals surface area contributed by atoms with Crippen molar-refractivity contribution < 1.29 is 14.3 Å². The van der Waals surface area contributed by atoms with Crippen LogP contribution in [0.3, 0.4) is 0 Å². The van der Waals surface area contributed by atoms with E-state index in [1.165, 1.54) is 0 Å². The van der Waals surface area contributed by atoms with Gasteiger partial charge in [-0.25, -0.2) is 9.78 Å². The predicted octanol–water partition coefficient (Wildman–Crippen LogP) is 2.63. The van der Waals surface area contributed by atoms with Gasteiger partial charge < -0.3 is 25.0 Å². The Bertz CT molecular complexity index is 756. The summed E-state index contributed by atoms with van der Waals surface area (Å²) in [4.78, 5) is 25.4. The highest BCUT2D eigenvalue weighted by Crippen LogP contribution is 2.33. The molecule has 10 heteroatoms. The van der Waals surface area contributed by atoms with Crippen LogP contribution in [0.4, 0.5) is 9.93 Å². The standard InChI is InChI=1S/C20H36N6O3S/c1-13-15(26(20(5,6)28-13)18(27)29-19(2,3)4)11-23-16(21-7)22-10-14-12-30-17(24-14)25(8)9/h12-13,15H,10-11H2,1-9H3,(H2,21,22,23). The van der Waals surface area contributed by atoms with Crippen LogP contribution in [0.2, 0.25) is 0 Å². The minimum absolute atomic E-state index is 0.153. The summed E-state index contributed by atoms with van der Waals surface area (Å²) < 4.78 is 11.7. The summed E-state index contributed by atoms with van der Waals surface area (Å²) in [6.45, 7) is 12.3. The molecule has 2 N–H and O–H groups in total. The number of nitrogens with one attached hydrogen (secondary N) is 2. The molecule has 30 heavy (non-hydrogen) atoms. The maximum absolute atomic E-state index is 12.9. The zero-order valence-electron chi connectivity index (χ0n) is 19.6. The molecule has 1 aromatic rings. The summed E-state index contributed by atoms with van der Waals surface area (Å²) in [5.41, 5.74) is -0.386. The van der Waals surface area contributed by atoms with E-state index in [2.05, 4.69) is 20.6 Å². The third-order valence-electron chi connectivity index (χ3n) is 4.58. The van der Waals surface area contributed by atoms with E-state index in [0.29, 0.717) is 19.0 Å². The van der Waals surface area contributed by atoms with Gasteiger partial charge in [-0.05, 0) is 41.5 Å². The third kappa shape index (κ3) is 6.21. The van der Waals surface area contributed by atoms with Crippen molar-refractivity contribution in [2.24, 2.45) is 4.99 Å². The van der Waals surface area contributed by atoms with Crippen molar-refractivity contribution in [2.45, 2.75) is 71.6 Å². The molecule has 1 saturated heterocycles. The van der Waals surface area contributed by atoms with Crippen LogP contribution in [0, 0.1) is 0 Å². The van der Waals surface area contributed by atoms with Gasteiger partial charge >= 0.3 is 6.09 Å². The molecule has 1 aromatic heterocycles. The quantitative estimate of drug-likeness (QED) is 0.537. The van der Waals surface area contributed by atoms with E-state index in [1.807, 2.05) is 65.9 Å². The number of hydrogen-bond donors (Lipinski definition) is 2. The normalized spacial score (nSPS) is 21.5. The summed E-state index contributed by atoms with van der Waals surface area (Å²) in [5.74, 6) is 0.635. The molecular weight excluding hydrogens is 404 g/mol. The van der Waals surface area contributed by atoms with Crippen LogP contribution in [0.25, 0.3) is 0 Å². The number of carbonyl (C=O) groups excluding carboxylic acids is 1. The van der Waals surface area contributed by atoms with E-state index >= 15 is 0 Å². The van der Waals surface area contributed by atoms with Crippen LogP contribution in [0.1, 0.15) is 47.2 Å². The summed E-state index contributed by atoms with van der Waals surface area (Å²) in [5, 5.41) is 9.55. The van der Waals surface area contributed by atoms with Gasteiger partial charge in [0.15, 0.2) is 11.1 Å². The van der Waals surface area contributed by atoms with E-state index in [0.717, 1.165) is 10.8 Å². The highest BCUT2D eigenvalue weighted by Gasteiger charge is 2.49. The van der Waals surface area contributed by atoms with E-state index < -0.39 is 11.3 Å². The fourth-order valence-electron chi connectivity index (χ4n) is 3.30. The van der Waals surface area contributed by atoms with Crippen LogP contribution < -0.4 is 15.5 Å². The molecule has 1 fully saturated rings. The van der Waals surface area contributed by atoms with Crippen LogP contribution in [0.15, 0.2) is 10.4 Å². The van der Waals surface area contributed by atoms with Crippen molar-refractivity contribution in [1.82, 2.24) is 20.5 Å². The maximum atomic E-state index is 12.9. The number of guanidine groups is 1. The van der Waals surface area contributed by atoms with Crippen molar-refractivity contribution in [1.29, 1.82) is 0 Å². The number of ether oxygens (including phenoxy) is 2. The van der Waals surface area contributed by atoms with Gasteiger partial charge in [0, 0.05) is 33.1 Å². The van der Waals surface area contributed by atoms with Gasteiger partial charge in [0.2, 0.25) is 0 Å². The first-order valence-electron chi connectivity index (χ1n) is 10.1. The average Bonchev–Trinajstić information content (AvgIpc) is 3.15. The van der Waals surface area contributed by atoms with E-state index in [4.69, 9.17) is 9.47 Å². The second-order valence-corrected chi connectivity index (χ2v) is 9.85. The second kappa shape index (κ2) is 9.38. The molecule has 0 bridgehead atoms. The Hall–Kier alpha value is -2.07. The molecule has 2 heterocycles. The Morgan fingerprint density at radius 2 is 2.07 bits per heavy atom. The van der Waals surface area contributed by atoms with Gasteiger partial charge in [-0.3, -0.25) is 9.89 Å². The number of hydrogen-bond acceptors (Lipinski definition) is 7. The van der Waals surface area contributed by atoms with Crippen molar-refractivity contribution >= 4 is 28.5 Å². The molecular formula is C20H36N6O3S. The van der Waals surface area contributed by atoms with Gasteiger partial charge in [0.25, 0.3) is 0 Å². The molecule has 9 nitrogen and oxygen atoms in total. The molecule has 0 aliphatic carbocycles. The predicted molar refractivity (Wildman–Crippen MR) is 121 cm³/mol. The van der Waals surface area contributed by atoms with Gasteiger partial charge in [-0.15, -0.1) is 11.3 Å². The smallest absolute Gasteiger partial charge is 0.412 e. The molecule has 2 atom stereocenters. The van der Waals surface area contributed by atoms with Crippen molar-refractivity contribution in [2.75, 3.05) is 32.6 Å². The fraction of sp³-hybridized carbons (Fsp3) is 0.750. The molecule has 170 valence electrons. The van der Waals surface area contributed by atoms with Gasteiger partial charge in [-0.2, -0.15) is 0 Å². The minimum atomic E-state index is -0.756. The maximum Gasteiger partial charge on any atom is 0.412 e. The first-order valence-corrected chi connectivity index (χ1v) is 11.0. The largest absolute Gasteiger partial charge is 0.444 e. The molecule has 2 unspecified atom stereocenters. The summed E-state index contributed by atoms with van der Waals surface area (Å²) >= 11 is 1.60. The Morgan fingerprint density at radius 1 is 1.40 bits per heavy atom. The molecule has 1 amide bonds. The Kier molecular flexibility index (Phi) is 7.57. The zero-order valence-corrected chi connectivity index (χ0v) is 20.4. The first-order chi connectivity index (χ1) is 13.8. The van der Waals surface area contributed by atoms with Gasteiger partial charge in [0.1, 0.15) is 11.3 Å². The lowest BCUT2D eigenvalue weighted by atomic mass is 10.1. The lowest BCUT2D eigenvalue weighted by molar-refractivity contribution is -0.0755. The topological polar surface area (TPSA) is 91.3 Å². The number of thiazole rings is 1. The summed E-state index contributed by atoms with van der Waals surface area (Å²) in [6.07, 6.45) is -0.537. The monoisotopic (exact) mass is 440 g/mol. The number of amides is 1. The highest BCUT2D eigenvalue weighted by molar-refractivity contribution is 7.13. The Labute approximate surface area is 183 Å². The van der Waals surface area contributed by atoms with Crippen molar-refractivity contribution in [3.8, 4) is 0 Å². The van der Waals surface area contributed by atoms with Gasteiger partial charge in [0.05, 0.1) is 24.4 Å². The Morgan fingerprint density at radius 3 is 2.60 bits per heavy atom. The number of aliphatic imine (C=N–C) groups is 1. The molecule has 0 radical (unpaired) electrons. The number of rotatable bonds is 5. The lowest BCUT2D eigenvalue weighted by Crippen LogP contribution is -2.54. The second-order valence-electron chi connectivity index (χ2n) is 9.01. The lowest BCUT2D eigenvalue weighted by Gasteiger charge is -2.35. The van der Waals surface area contributed by atoms with E-state index in [-0.39, 0.29) is 18.2 Å². The molecule has 0 aromatic carbocycles. The summed E-state index contributed by atoms with van der Waals surface area (Å²) in [7, 11) is 5.66. The Balaban J connectivity index is 2.00. The van der Waals surface area contributed by atoms with Crippen molar-refractivity contribution in [3.63, 3.8) is 0 Å². The number of carbonyl (C=O) groups is 1. The first kappa shape index (κ1) is 24.2. The third-order valence-corrected chi connectivity index (χ3v) is 5.64. The highest BCUT2D eigenvalue weighted by atomic mass is 32.1.